The minimum Gasteiger partial charge on any atom is -0.481 e. The van der Waals surface area contributed by atoms with E-state index in [-0.39, 0.29) is 5.97 Å². The monoisotopic (exact) mass is 328 g/mol. The van der Waals surface area contributed by atoms with Crippen LogP contribution < -0.4 is 0 Å². The van der Waals surface area contributed by atoms with Crippen LogP contribution in [0.3, 0.4) is 0 Å². The summed E-state index contributed by atoms with van der Waals surface area (Å²) in [6, 6.07) is 0. The summed E-state index contributed by atoms with van der Waals surface area (Å²) in [7, 11) is 4.42. The Hall–Kier alpha value is -1.36. The SMILES string of the molecule is C=CC(=O)OCCC[N+](C)(C)CCCCCCCCCC(=O)O. The van der Waals surface area contributed by atoms with Crippen LogP contribution in [-0.2, 0) is 14.3 Å². The minimum absolute atomic E-state index is 0.299. The number of carboxylic acid groups (broad SMARTS) is 1. The Bertz CT molecular complexity index is 353. The topological polar surface area (TPSA) is 63.6 Å². The standard InChI is InChI=1S/C18H33NO4/c1-4-18(22)23-16-12-15-19(2,3)14-11-9-7-5-6-8-10-13-17(20)21/h4H,1,5-16H2,2-3H3/p+1. The van der Waals surface area contributed by atoms with Gasteiger partial charge in [-0.3, -0.25) is 4.79 Å². The lowest BCUT2D eigenvalue weighted by Gasteiger charge is -2.29. The number of carbonyl (C=O) groups excluding carboxylic acids is 1. The van der Waals surface area contributed by atoms with Crippen molar-refractivity contribution in [1.82, 2.24) is 0 Å². The molecule has 0 aliphatic rings. The first kappa shape index (κ1) is 21.6. The summed E-state index contributed by atoms with van der Waals surface area (Å²) in [4.78, 5) is 21.3. The van der Waals surface area contributed by atoms with Crippen molar-refractivity contribution in [3.05, 3.63) is 12.7 Å². The average molecular weight is 328 g/mol. The van der Waals surface area contributed by atoms with Gasteiger partial charge in [-0.25, -0.2) is 4.79 Å². The van der Waals surface area contributed by atoms with Gasteiger partial charge in [0, 0.05) is 18.9 Å². The predicted molar refractivity (Wildman–Crippen MR) is 92.2 cm³/mol. The largest absolute Gasteiger partial charge is 0.481 e. The fourth-order valence-corrected chi connectivity index (χ4v) is 2.54. The number of carboxylic acids is 1. The van der Waals surface area contributed by atoms with Crippen molar-refractivity contribution in [1.29, 1.82) is 0 Å². The molecule has 0 aliphatic carbocycles. The Balaban J connectivity index is 3.46. The molecule has 0 unspecified atom stereocenters. The van der Waals surface area contributed by atoms with Crippen molar-refractivity contribution in [3.63, 3.8) is 0 Å². The van der Waals surface area contributed by atoms with E-state index in [1.54, 1.807) is 0 Å². The normalized spacial score (nSPS) is 11.2. The summed E-state index contributed by atoms with van der Waals surface area (Å²) < 4.78 is 5.94. The van der Waals surface area contributed by atoms with Crippen LogP contribution in [-0.4, -0.2) is 55.3 Å². The van der Waals surface area contributed by atoms with E-state index in [9.17, 15) is 9.59 Å². The van der Waals surface area contributed by atoms with E-state index in [0.29, 0.717) is 13.0 Å². The second-order valence-corrected chi connectivity index (χ2v) is 6.73. The van der Waals surface area contributed by atoms with Gasteiger partial charge in [0.05, 0.1) is 33.8 Å². The van der Waals surface area contributed by atoms with Crippen LogP contribution in [0.15, 0.2) is 12.7 Å². The van der Waals surface area contributed by atoms with Crippen LogP contribution in [0.25, 0.3) is 0 Å². The maximum atomic E-state index is 10.9. The van der Waals surface area contributed by atoms with Gasteiger partial charge in [0.1, 0.15) is 0 Å². The molecule has 5 heteroatoms. The number of aliphatic carboxylic acids is 1. The molecule has 0 fully saturated rings. The number of hydrogen-bond acceptors (Lipinski definition) is 3. The highest BCUT2D eigenvalue weighted by molar-refractivity contribution is 5.81. The molecule has 0 amide bonds. The lowest BCUT2D eigenvalue weighted by molar-refractivity contribution is -0.890. The summed E-state index contributed by atoms with van der Waals surface area (Å²) in [6.07, 6.45) is 10.2. The third kappa shape index (κ3) is 15.3. The first-order chi connectivity index (χ1) is 10.9. The highest BCUT2D eigenvalue weighted by Crippen LogP contribution is 2.10. The van der Waals surface area contributed by atoms with Gasteiger partial charge in [0.25, 0.3) is 0 Å². The smallest absolute Gasteiger partial charge is 0.330 e. The molecule has 134 valence electrons. The van der Waals surface area contributed by atoms with E-state index in [1.165, 1.54) is 31.8 Å². The summed E-state index contributed by atoms with van der Waals surface area (Å²) in [6.45, 7) is 5.97. The number of hydrogen-bond donors (Lipinski definition) is 1. The Morgan fingerprint density at radius 2 is 1.48 bits per heavy atom. The molecule has 23 heavy (non-hydrogen) atoms. The van der Waals surface area contributed by atoms with Crippen LogP contribution >= 0.6 is 0 Å². The molecule has 0 radical (unpaired) electrons. The van der Waals surface area contributed by atoms with E-state index in [2.05, 4.69) is 20.7 Å². The van der Waals surface area contributed by atoms with Crippen LogP contribution in [0.4, 0.5) is 0 Å². The summed E-state index contributed by atoms with van der Waals surface area (Å²) >= 11 is 0. The molecule has 0 aromatic rings. The summed E-state index contributed by atoms with van der Waals surface area (Å²) in [5, 5.41) is 8.55. The van der Waals surface area contributed by atoms with Crippen LogP contribution in [0.2, 0.25) is 0 Å². The van der Waals surface area contributed by atoms with Crippen molar-refractivity contribution in [3.8, 4) is 0 Å². The lowest BCUT2D eigenvalue weighted by Crippen LogP contribution is -2.41. The summed E-state index contributed by atoms with van der Waals surface area (Å²) in [5.74, 6) is -1.04. The maximum absolute atomic E-state index is 10.9. The molecule has 0 spiro atoms. The highest BCUT2D eigenvalue weighted by atomic mass is 16.5. The second kappa shape index (κ2) is 13.1. The zero-order valence-electron chi connectivity index (χ0n) is 14.9. The Morgan fingerprint density at radius 3 is 2.04 bits per heavy atom. The molecule has 0 aliphatic heterocycles. The van der Waals surface area contributed by atoms with Gasteiger partial charge < -0.3 is 14.3 Å². The third-order valence-electron chi connectivity index (χ3n) is 3.97. The molecule has 0 saturated heterocycles. The molecular weight excluding hydrogens is 294 g/mol. The molecule has 0 aromatic heterocycles. The van der Waals surface area contributed by atoms with Crippen molar-refractivity contribution in [2.75, 3.05) is 33.8 Å². The van der Waals surface area contributed by atoms with Gasteiger partial charge in [-0.1, -0.05) is 32.3 Å². The summed E-state index contributed by atoms with van der Waals surface area (Å²) in [5.41, 5.74) is 0. The highest BCUT2D eigenvalue weighted by Gasteiger charge is 2.14. The number of rotatable bonds is 15. The Labute approximate surface area is 140 Å². The van der Waals surface area contributed by atoms with Gasteiger partial charge in [-0.15, -0.1) is 0 Å². The van der Waals surface area contributed by atoms with Crippen LogP contribution in [0, 0.1) is 0 Å². The first-order valence-electron chi connectivity index (χ1n) is 8.70. The quantitative estimate of drug-likeness (QED) is 0.217. The van der Waals surface area contributed by atoms with E-state index >= 15 is 0 Å². The number of quaternary nitrogens is 1. The van der Waals surface area contributed by atoms with Crippen molar-refractivity contribution in [2.45, 2.75) is 57.8 Å². The molecule has 0 rings (SSSR count). The maximum Gasteiger partial charge on any atom is 0.330 e. The second-order valence-electron chi connectivity index (χ2n) is 6.73. The van der Waals surface area contributed by atoms with E-state index in [0.717, 1.165) is 43.3 Å². The number of unbranched alkanes of at least 4 members (excludes halogenated alkanes) is 6. The lowest BCUT2D eigenvalue weighted by atomic mass is 10.1. The zero-order valence-corrected chi connectivity index (χ0v) is 14.9. The average Bonchev–Trinajstić information content (AvgIpc) is 2.49. The molecule has 5 nitrogen and oxygen atoms in total. The Kier molecular flexibility index (Phi) is 12.3. The van der Waals surface area contributed by atoms with E-state index in [4.69, 9.17) is 9.84 Å². The molecule has 0 saturated carbocycles. The van der Waals surface area contributed by atoms with Gasteiger partial charge in [-0.2, -0.15) is 0 Å². The fourth-order valence-electron chi connectivity index (χ4n) is 2.54. The van der Waals surface area contributed by atoms with Crippen molar-refractivity contribution < 1.29 is 23.9 Å². The molecule has 0 atom stereocenters. The van der Waals surface area contributed by atoms with Crippen LogP contribution in [0.5, 0.6) is 0 Å². The molecule has 1 N–H and O–H groups in total. The van der Waals surface area contributed by atoms with E-state index < -0.39 is 5.97 Å². The van der Waals surface area contributed by atoms with E-state index in [1.807, 2.05) is 0 Å². The number of ether oxygens (including phenoxy) is 1. The molecular formula is C18H34NO4+. The third-order valence-corrected chi connectivity index (χ3v) is 3.97. The number of esters is 1. The van der Waals surface area contributed by atoms with Crippen molar-refractivity contribution in [2.24, 2.45) is 0 Å². The minimum atomic E-state index is -0.691. The zero-order chi connectivity index (χ0) is 17.6. The van der Waals surface area contributed by atoms with Crippen LogP contribution in [0.1, 0.15) is 57.8 Å². The molecule has 0 heterocycles. The van der Waals surface area contributed by atoms with Gasteiger partial charge in [0.2, 0.25) is 0 Å². The van der Waals surface area contributed by atoms with Gasteiger partial charge in [-0.05, 0) is 19.3 Å². The predicted octanol–water partition coefficient (Wildman–Crippen LogP) is 3.39. The molecule has 0 aromatic carbocycles. The molecule has 0 bridgehead atoms. The van der Waals surface area contributed by atoms with Crippen molar-refractivity contribution >= 4 is 11.9 Å². The Morgan fingerprint density at radius 1 is 0.957 bits per heavy atom. The van der Waals surface area contributed by atoms with Gasteiger partial charge in [0.15, 0.2) is 0 Å². The number of nitrogens with zero attached hydrogens (tertiary/aromatic N) is 1. The first-order valence-corrected chi connectivity index (χ1v) is 8.70. The number of carbonyl (C=O) groups is 2. The fraction of sp³-hybridized carbons (Fsp3) is 0.778. The van der Waals surface area contributed by atoms with Gasteiger partial charge >= 0.3 is 11.9 Å².